The number of hydrogen-bond acceptors (Lipinski definition) is 4. The normalized spacial score (nSPS) is 27.6. The molecule has 5 heteroatoms. The quantitative estimate of drug-likeness (QED) is 0.449. The van der Waals surface area contributed by atoms with Crippen LogP contribution in [0.5, 0.6) is 0 Å². The van der Waals surface area contributed by atoms with E-state index in [1.165, 1.54) is 0 Å². The van der Waals surface area contributed by atoms with Crippen molar-refractivity contribution in [2.45, 2.75) is 74.9 Å². The van der Waals surface area contributed by atoms with Crippen molar-refractivity contribution in [2.24, 2.45) is 5.92 Å². The maximum atomic E-state index is 12.0. The van der Waals surface area contributed by atoms with Gasteiger partial charge >= 0.3 is 5.97 Å². The SMILES string of the molecule is CCC(C)(I=O)C(=O)OC1CCC(C(C)(C)O)CC1. The van der Waals surface area contributed by atoms with Gasteiger partial charge in [0.1, 0.15) is 9.53 Å². The number of rotatable bonds is 5. The Morgan fingerprint density at radius 3 is 2.16 bits per heavy atom. The van der Waals surface area contributed by atoms with Crippen LogP contribution in [0.2, 0.25) is 0 Å². The van der Waals surface area contributed by atoms with Gasteiger partial charge in [-0.25, -0.2) is 0 Å². The molecular weight excluding hydrogens is 359 g/mol. The number of aliphatic hydroxyl groups is 1. The zero-order valence-corrected chi connectivity index (χ0v) is 14.4. The predicted molar refractivity (Wildman–Crippen MR) is 81.5 cm³/mol. The number of alkyl halides is 1. The number of ether oxygens (including phenoxy) is 1. The molecule has 1 aliphatic rings. The summed E-state index contributed by atoms with van der Waals surface area (Å²) in [5.74, 6) is -0.0450. The molecule has 0 aromatic rings. The van der Waals surface area contributed by atoms with E-state index in [1.807, 2.05) is 20.8 Å². The molecule has 0 aromatic carbocycles. The summed E-state index contributed by atoms with van der Waals surface area (Å²) in [5.41, 5.74) is -0.659. The van der Waals surface area contributed by atoms with E-state index < -0.39 is 30.2 Å². The Bertz CT molecular complexity index is 329. The van der Waals surface area contributed by atoms with Crippen molar-refractivity contribution < 1.29 is 17.7 Å². The maximum Gasteiger partial charge on any atom is 0.324 e. The molecule has 1 rings (SSSR count). The highest BCUT2D eigenvalue weighted by Crippen LogP contribution is 2.35. The van der Waals surface area contributed by atoms with Crippen LogP contribution in [0, 0.1) is 5.92 Å². The van der Waals surface area contributed by atoms with E-state index in [0.29, 0.717) is 6.42 Å². The molecule has 4 nitrogen and oxygen atoms in total. The standard InChI is InChI=1S/C14H25IO4/c1-5-14(4,15-18)12(16)19-11-8-6-10(7-9-11)13(2,3)17/h10-11,17H,5-9H2,1-4H3. The first-order valence-corrected chi connectivity index (χ1v) is 8.90. The molecule has 1 N–H and O–H groups in total. The highest BCUT2D eigenvalue weighted by molar-refractivity contribution is 14.1. The predicted octanol–water partition coefficient (Wildman–Crippen LogP) is 3.34. The van der Waals surface area contributed by atoms with Crippen molar-refractivity contribution in [2.75, 3.05) is 0 Å². The number of hydrogen-bond donors (Lipinski definition) is 1. The summed E-state index contributed by atoms with van der Waals surface area (Å²) in [5, 5.41) is 9.97. The third-order valence-electron chi connectivity index (χ3n) is 4.21. The van der Waals surface area contributed by atoms with Gasteiger partial charge in [0.15, 0.2) is 21.2 Å². The monoisotopic (exact) mass is 384 g/mol. The van der Waals surface area contributed by atoms with Crippen LogP contribution in [0.25, 0.3) is 0 Å². The van der Waals surface area contributed by atoms with Crippen molar-refractivity contribution in [3.05, 3.63) is 0 Å². The second-order valence-corrected chi connectivity index (χ2v) is 8.98. The zero-order chi connectivity index (χ0) is 14.7. The Hall–Kier alpha value is -0.0400. The molecule has 19 heavy (non-hydrogen) atoms. The summed E-state index contributed by atoms with van der Waals surface area (Å²) in [7, 11) is 0. The zero-order valence-electron chi connectivity index (χ0n) is 12.2. The summed E-state index contributed by atoms with van der Waals surface area (Å²) in [6.07, 6.45) is 3.80. The van der Waals surface area contributed by atoms with Crippen LogP contribution in [0.15, 0.2) is 0 Å². The van der Waals surface area contributed by atoms with E-state index in [4.69, 9.17) is 4.74 Å². The lowest BCUT2D eigenvalue weighted by Gasteiger charge is -2.36. The molecule has 0 aliphatic heterocycles. The van der Waals surface area contributed by atoms with Crippen LogP contribution >= 0.6 is 21.2 Å². The van der Waals surface area contributed by atoms with E-state index >= 15 is 0 Å². The van der Waals surface area contributed by atoms with Gasteiger partial charge in [-0.1, -0.05) is 6.92 Å². The number of carbonyl (C=O) groups is 1. The Kier molecular flexibility index (Phi) is 5.92. The van der Waals surface area contributed by atoms with Crippen LogP contribution in [-0.2, 0) is 12.6 Å². The van der Waals surface area contributed by atoms with Gasteiger partial charge in [-0.15, -0.1) is 0 Å². The average molecular weight is 384 g/mol. The first-order valence-electron chi connectivity index (χ1n) is 6.94. The fraction of sp³-hybridized carbons (Fsp3) is 0.929. The van der Waals surface area contributed by atoms with Crippen LogP contribution in [0.3, 0.4) is 0 Å². The molecule has 1 aliphatic carbocycles. The topological polar surface area (TPSA) is 63.6 Å². The Labute approximate surface area is 125 Å². The minimum Gasteiger partial charge on any atom is -0.461 e. The average Bonchev–Trinajstić information content (AvgIpc) is 2.37. The first-order chi connectivity index (χ1) is 8.73. The second-order valence-electron chi connectivity index (χ2n) is 6.16. The van der Waals surface area contributed by atoms with E-state index in [9.17, 15) is 13.0 Å². The summed E-state index contributed by atoms with van der Waals surface area (Å²) >= 11 is -1.40. The summed E-state index contributed by atoms with van der Waals surface area (Å²) < 4.78 is 15.9. The van der Waals surface area contributed by atoms with E-state index in [1.54, 1.807) is 6.92 Å². The molecule has 1 atom stereocenters. The lowest BCUT2D eigenvalue weighted by atomic mass is 9.78. The van der Waals surface area contributed by atoms with Crippen molar-refractivity contribution in [1.29, 1.82) is 0 Å². The van der Waals surface area contributed by atoms with Gasteiger partial charge in [0.05, 0.1) is 5.60 Å². The van der Waals surface area contributed by atoms with Crippen LogP contribution in [0.1, 0.15) is 59.8 Å². The first kappa shape index (κ1) is 17.0. The van der Waals surface area contributed by atoms with Crippen LogP contribution < -0.4 is 0 Å². The molecule has 0 radical (unpaired) electrons. The van der Waals surface area contributed by atoms with Gasteiger partial charge in [0, 0.05) is 0 Å². The fourth-order valence-electron chi connectivity index (χ4n) is 2.39. The van der Waals surface area contributed by atoms with Crippen molar-refractivity contribution >= 4 is 27.2 Å². The Balaban J connectivity index is 2.50. The molecule has 1 fully saturated rings. The second kappa shape index (κ2) is 6.61. The molecule has 0 spiro atoms. The number of carbonyl (C=O) groups excluding carboxylic acids is 1. The minimum atomic E-state index is -1.40. The highest BCUT2D eigenvalue weighted by Gasteiger charge is 2.38. The Morgan fingerprint density at radius 1 is 1.26 bits per heavy atom. The third kappa shape index (κ3) is 4.48. The van der Waals surface area contributed by atoms with Gasteiger partial charge in [-0.05, 0) is 58.8 Å². The van der Waals surface area contributed by atoms with Crippen molar-refractivity contribution in [3.8, 4) is 0 Å². The summed E-state index contributed by atoms with van der Waals surface area (Å²) in [6, 6.07) is 0. The lowest BCUT2D eigenvalue weighted by molar-refractivity contribution is -0.153. The van der Waals surface area contributed by atoms with Gasteiger partial charge in [-0.2, -0.15) is 0 Å². The molecule has 1 saturated carbocycles. The third-order valence-corrected chi connectivity index (χ3v) is 6.38. The summed E-state index contributed by atoms with van der Waals surface area (Å²) in [4.78, 5) is 12.0. The fourth-order valence-corrected chi connectivity index (χ4v) is 3.01. The van der Waals surface area contributed by atoms with Gasteiger partial charge in [0.2, 0.25) is 0 Å². The van der Waals surface area contributed by atoms with Crippen molar-refractivity contribution in [1.82, 2.24) is 0 Å². The lowest BCUT2D eigenvalue weighted by Crippen LogP contribution is -2.38. The molecular formula is C14H25IO4. The van der Waals surface area contributed by atoms with Crippen molar-refractivity contribution in [3.63, 3.8) is 0 Å². The van der Waals surface area contributed by atoms with Crippen LogP contribution in [0.4, 0.5) is 0 Å². The minimum absolute atomic E-state index is 0.0764. The molecule has 0 aromatic heterocycles. The molecule has 0 amide bonds. The van der Waals surface area contributed by atoms with Gasteiger partial charge in [0.25, 0.3) is 0 Å². The van der Waals surface area contributed by atoms with Gasteiger partial charge < -0.3 is 9.84 Å². The number of halogens is 1. The summed E-state index contributed by atoms with van der Waals surface area (Å²) in [6.45, 7) is 7.25. The van der Waals surface area contributed by atoms with E-state index in [-0.39, 0.29) is 18.0 Å². The number of esters is 1. The molecule has 1 unspecified atom stereocenters. The molecule has 112 valence electrons. The Morgan fingerprint density at radius 2 is 1.79 bits per heavy atom. The van der Waals surface area contributed by atoms with Gasteiger partial charge in [-0.3, -0.25) is 7.86 Å². The molecule has 0 bridgehead atoms. The van der Waals surface area contributed by atoms with E-state index in [2.05, 4.69) is 0 Å². The largest absolute Gasteiger partial charge is 0.461 e. The highest BCUT2D eigenvalue weighted by atomic mass is 127. The smallest absolute Gasteiger partial charge is 0.324 e. The molecule has 0 saturated heterocycles. The van der Waals surface area contributed by atoms with Crippen LogP contribution in [-0.4, -0.2) is 26.2 Å². The molecule has 0 heterocycles. The maximum absolute atomic E-state index is 12.0. The van der Waals surface area contributed by atoms with E-state index in [0.717, 1.165) is 25.7 Å².